The van der Waals surface area contributed by atoms with Crippen molar-refractivity contribution in [1.29, 1.82) is 0 Å². The third-order valence-corrected chi connectivity index (χ3v) is 4.86. The highest BCUT2D eigenvalue weighted by Gasteiger charge is 2.39. The Morgan fingerprint density at radius 3 is 2.95 bits per heavy atom. The summed E-state index contributed by atoms with van der Waals surface area (Å²) in [6, 6.07) is 10.5. The van der Waals surface area contributed by atoms with Crippen LogP contribution in [0.25, 0.3) is 0 Å². The van der Waals surface area contributed by atoms with Crippen molar-refractivity contribution in [3.8, 4) is 0 Å². The number of rotatable bonds is 5. The topological polar surface area (TPSA) is 37.4 Å². The minimum Gasteiger partial charge on any atom is -0.383 e. The summed E-state index contributed by atoms with van der Waals surface area (Å²) in [7, 11) is 1.71. The zero-order valence-corrected chi connectivity index (χ0v) is 13.4. The van der Waals surface area contributed by atoms with Crippen LogP contribution in [0, 0.1) is 0 Å². The number of methoxy groups -OCH3 is 1. The first-order chi connectivity index (χ1) is 10.3. The lowest BCUT2D eigenvalue weighted by atomic mass is 10.0. The van der Waals surface area contributed by atoms with Crippen LogP contribution in [0.3, 0.4) is 0 Å². The van der Waals surface area contributed by atoms with E-state index in [1.54, 1.807) is 18.4 Å². The molecule has 0 aliphatic carbocycles. The number of aromatic nitrogens is 1. The zero-order valence-electron chi connectivity index (χ0n) is 11.7. The standard InChI is InChI=1S/C15H17N3OS2/c1-19-9-8-18-14(12-6-4-10-21-12)13(17-15(18)20)11-5-2-3-7-16-11/h2-7,10,13-14H,8-9H2,1H3,(H,17,20)/t13-,14-/m0/s1. The second-order valence-corrected chi connectivity index (χ2v) is 6.19. The van der Waals surface area contributed by atoms with E-state index in [-0.39, 0.29) is 12.1 Å². The van der Waals surface area contributed by atoms with E-state index in [1.165, 1.54) is 4.88 Å². The van der Waals surface area contributed by atoms with Gasteiger partial charge in [-0.3, -0.25) is 4.98 Å². The van der Waals surface area contributed by atoms with Gasteiger partial charge >= 0.3 is 0 Å². The van der Waals surface area contributed by atoms with Gasteiger partial charge in [0.25, 0.3) is 0 Å². The molecule has 3 heterocycles. The van der Waals surface area contributed by atoms with Gasteiger partial charge in [0.05, 0.1) is 24.4 Å². The number of thiophene rings is 1. The molecular weight excluding hydrogens is 302 g/mol. The molecule has 2 aromatic heterocycles. The Balaban J connectivity index is 1.94. The van der Waals surface area contributed by atoms with Gasteiger partial charge in [-0.15, -0.1) is 11.3 Å². The summed E-state index contributed by atoms with van der Waals surface area (Å²) in [4.78, 5) is 7.98. The molecule has 21 heavy (non-hydrogen) atoms. The maximum Gasteiger partial charge on any atom is 0.170 e. The molecule has 0 radical (unpaired) electrons. The van der Waals surface area contributed by atoms with Gasteiger partial charge in [-0.05, 0) is 35.8 Å². The van der Waals surface area contributed by atoms with Crippen LogP contribution in [0.4, 0.5) is 0 Å². The van der Waals surface area contributed by atoms with Crippen molar-refractivity contribution in [2.45, 2.75) is 12.1 Å². The van der Waals surface area contributed by atoms with E-state index in [2.05, 4.69) is 32.7 Å². The number of hydrogen-bond acceptors (Lipinski definition) is 4. The van der Waals surface area contributed by atoms with E-state index in [0.717, 1.165) is 17.4 Å². The molecule has 0 aromatic carbocycles. The Labute approximate surface area is 133 Å². The van der Waals surface area contributed by atoms with Crippen molar-refractivity contribution in [2.75, 3.05) is 20.3 Å². The molecule has 6 heteroatoms. The Hall–Kier alpha value is -1.50. The van der Waals surface area contributed by atoms with Crippen molar-refractivity contribution in [3.05, 3.63) is 52.5 Å². The fourth-order valence-corrected chi connectivity index (χ4v) is 3.81. The zero-order chi connectivity index (χ0) is 14.7. The number of ether oxygens (including phenoxy) is 1. The highest BCUT2D eigenvalue weighted by molar-refractivity contribution is 7.80. The van der Waals surface area contributed by atoms with Gasteiger partial charge in [-0.25, -0.2) is 0 Å². The predicted molar refractivity (Wildman–Crippen MR) is 88.4 cm³/mol. The second kappa shape index (κ2) is 6.51. The fourth-order valence-electron chi connectivity index (χ4n) is 2.60. The first-order valence-electron chi connectivity index (χ1n) is 6.81. The van der Waals surface area contributed by atoms with Crippen molar-refractivity contribution >= 4 is 28.7 Å². The van der Waals surface area contributed by atoms with Gasteiger partial charge in [0, 0.05) is 24.7 Å². The molecule has 1 fully saturated rings. The normalized spacial score (nSPS) is 21.6. The number of nitrogens with one attached hydrogen (secondary N) is 1. The predicted octanol–water partition coefficient (Wildman–Crippen LogP) is 2.76. The SMILES string of the molecule is COCCN1C(=S)N[C@@H](c2ccccn2)[C@@H]1c1cccs1. The Morgan fingerprint density at radius 2 is 2.29 bits per heavy atom. The summed E-state index contributed by atoms with van der Waals surface area (Å²) in [5.74, 6) is 0. The number of thiocarbonyl (C=S) groups is 1. The van der Waals surface area contributed by atoms with E-state index < -0.39 is 0 Å². The molecule has 2 aromatic rings. The van der Waals surface area contributed by atoms with Crippen LogP contribution in [-0.2, 0) is 4.74 Å². The van der Waals surface area contributed by atoms with Crippen LogP contribution in [0.1, 0.15) is 22.7 Å². The Bertz CT molecular complexity index is 588. The van der Waals surface area contributed by atoms with Crippen molar-refractivity contribution < 1.29 is 4.74 Å². The molecule has 110 valence electrons. The van der Waals surface area contributed by atoms with E-state index >= 15 is 0 Å². The highest BCUT2D eigenvalue weighted by Crippen LogP contribution is 2.39. The van der Waals surface area contributed by atoms with Crippen LogP contribution in [0.5, 0.6) is 0 Å². The van der Waals surface area contributed by atoms with Gasteiger partial charge in [0.2, 0.25) is 0 Å². The highest BCUT2D eigenvalue weighted by atomic mass is 32.1. The molecule has 1 aliphatic heterocycles. The van der Waals surface area contributed by atoms with Crippen molar-refractivity contribution in [3.63, 3.8) is 0 Å². The quantitative estimate of drug-likeness (QED) is 0.858. The molecule has 0 spiro atoms. The van der Waals surface area contributed by atoms with E-state index in [4.69, 9.17) is 17.0 Å². The molecule has 0 bridgehead atoms. The van der Waals surface area contributed by atoms with Crippen LogP contribution in [0.15, 0.2) is 41.9 Å². The smallest absolute Gasteiger partial charge is 0.170 e. The Kier molecular flexibility index (Phi) is 4.48. The monoisotopic (exact) mass is 319 g/mol. The second-order valence-electron chi connectivity index (χ2n) is 4.83. The molecule has 1 saturated heterocycles. The fraction of sp³-hybridized carbons (Fsp3) is 0.333. The number of nitrogens with zero attached hydrogens (tertiary/aromatic N) is 2. The first kappa shape index (κ1) is 14.4. The summed E-state index contributed by atoms with van der Waals surface area (Å²) >= 11 is 7.27. The molecule has 0 saturated carbocycles. The van der Waals surface area contributed by atoms with Gasteiger partial charge in [0.15, 0.2) is 5.11 Å². The Morgan fingerprint density at radius 1 is 1.38 bits per heavy atom. The van der Waals surface area contributed by atoms with Crippen LogP contribution in [-0.4, -0.2) is 35.3 Å². The molecule has 0 amide bonds. The molecule has 0 unspecified atom stereocenters. The first-order valence-corrected chi connectivity index (χ1v) is 8.10. The van der Waals surface area contributed by atoms with Gasteiger partial charge < -0.3 is 15.0 Å². The molecule has 1 N–H and O–H groups in total. The van der Waals surface area contributed by atoms with Crippen LogP contribution in [0.2, 0.25) is 0 Å². The van der Waals surface area contributed by atoms with Crippen LogP contribution >= 0.6 is 23.6 Å². The number of pyridine rings is 1. The summed E-state index contributed by atoms with van der Waals surface area (Å²) in [6.07, 6.45) is 1.82. The van der Waals surface area contributed by atoms with Gasteiger partial charge in [-0.2, -0.15) is 0 Å². The summed E-state index contributed by atoms with van der Waals surface area (Å²) < 4.78 is 5.22. The van der Waals surface area contributed by atoms with Gasteiger partial charge in [0.1, 0.15) is 0 Å². The van der Waals surface area contributed by atoms with E-state index in [0.29, 0.717) is 6.61 Å². The van der Waals surface area contributed by atoms with Crippen LogP contribution < -0.4 is 5.32 Å². The van der Waals surface area contributed by atoms with E-state index in [9.17, 15) is 0 Å². The lowest BCUT2D eigenvalue weighted by Gasteiger charge is -2.26. The molecule has 3 rings (SSSR count). The molecular formula is C15H17N3OS2. The van der Waals surface area contributed by atoms with Gasteiger partial charge in [-0.1, -0.05) is 12.1 Å². The summed E-state index contributed by atoms with van der Waals surface area (Å²) in [6.45, 7) is 1.42. The minimum atomic E-state index is 0.0780. The minimum absolute atomic E-state index is 0.0780. The lowest BCUT2D eigenvalue weighted by molar-refractivity contribution is 0.164. The average molecular weight is 319 g/mol. The summed E-state index contributed by atoms with van der Waals surface area (Å²) in [5, 5.41) is 6.28. The summed E-state index contributed by atoms with van der Waals surface area (Å²) in [5.41, 5.74) is 1.01. The lowest BCUT2D eigenvalue weighted by Crippen LogP contribution is -2.32. The maximum atomic E-state index is 5.52. The van der Waals surface area contributed by atoms with Crippen molar-refractivity contribution in [2.24, 2.45) is 0 Å². The van der Waals surface area contributed by atoms with E-state index in [1.807, 2.05) is 24.4 Å². The third-order valence-electron chi connectivity index (χ3n) is 3.57. The third kappa shape index (κ3) is 2.92. The molecule has 2 atom stereocenters. The maximum absolute atomic E-state index is 5.52. The number of hydrogen-bond donors (Lipinski definition) is 1. The van der Waals surface area contributed by atoms with Crippen molar-refractivity contribution in [1.82, 2.24) is 15.2 Å². The largest absolute Gasteiger partial charge is 0.383 e. The molecule has 4 nitrogen and oxygen atoms in total. The molecule has 1 aliphatic rings. The average Bonchev–Trinajstić information content (AvgIpc) is 3.13.